The van der Waals surface area contributed by atoms with E-state index in [0.29, 0.717) is 23.7 Å². The second-order valence-electron chi connectivity index (χ2n) is 9.42. The number of anilines is 1. The molecule has 1 aliphatic rings. The number of aromatic nitrogens is 2. The molecule has 164 valence electrons. The Labute approximate surface area is 184 Å². The van der Waals surface area contributed by atoms with Crippen molar-refractivity contribution in [2.45, 2.75) is 70.9 Å². The lowest BCUT2D eigenvalue weighted by molar-refractivity contribution is -0.115. The molecule has 1 fully saturated rings. The minimum Gasteiger partial charge on any atom is -0.386 e. The van der Waals surface area contributed by atoms with Gasteiger partial charge in [-0.15, -0.1) is 0 Å². The number of nitrogens with one attached hydrogen (secondary N) is 1. The number of benzene rings is 2. The van der Waals surface area contributed by atoms with Crippen molar-refractivity contribution in [1.82, 2.24) is 9.78 Å². The first-order valence-corrected chi connectivity index (χ1v) is 11.4. The van der Waals surface area contributed by atoms with Gasteiger partial charge in [-0.05, 0) is 63.1 Å². The summed E-state index contributed by atoms with van der Waals surface area (Å²) in [6.07, 6.45) is 8.48. The van der Waals surface area contributed by atoms with E-state index < -0.39 is 5.60 Å². The van der Waals surface area contributed by atoms with Gasteiger partial charge in [-0.2, -0.15) is 5.10 Å². The molecule has 0 spiro atoms. The number of rotatable bonds is 6. The number of hydrogen-bond acceptors (Lipinski definition) is 3. The molecule has 4 rings (SSSR count). The van der Waals surface area contributed by atoms with Crippen LogP contribution < -0.4 is 5.32 Å². The second kappa shape index (κ2) is 8.83. The van der Waals surface area contributed by atoms with Crippen LogP contribution in [0.2, 0.25) is 0 Å². The summed E-state index contributed by atoms with van der Waals surface area (Å²) in [5, 5.41) is 19.6. The molecule has 1 amide bonds. The van der Waals surface area contributed by atoms with Gasteiger partial charge in [0.25, 0.3) is 0 Å². The minimum atomic E-state index is -1.09. The van der Waals surface area contributed by atoms with Gasteiger partial charge in [0.15, 0.2) is 0 Å². The number of nitrogens with zero attached hydrogens (tertiary/aromatic N) is 2. The SMILES string of the molecule is CC[C@H]1CC[C@H](n2cc3cc(NC(=O)Cc4ccccc4)c(C(C)(C)O)cc3n2)CC1. The van der Waals surface area contributed by atoms with Crippen LogP contribution in [0.25, 0.3) is 10.9 Å². The van der Waals surface area contributed by atoms with Gasteiger partial charge in [0, 0.05) is 22.8 Å². The minimum absolute atomic E-state index is 0.0960. The first-order valence-electron chi connectivity index (χ1n) is 11.4. The van der Waals surface area contributed by atoms with Crippen molar-refractivity contribution in [2.24, 2.45) is 5.92 Å². The van der Waals surface area contributed by atoms with E-state index >= 15 is 0 Å². The number of aliphatic hydroxyl groups is 1. The Balaban J connectivity index is 1.60. The molecular formula is C26H33N3O2. The Hall–Kier alpha value is -2.66. The van der Waals surface area contributed by atoms with E-state index in [1.54, 1.807) is 13.8 Å². The number of carbonyl (C=O) groups is 1. The number of amides is 1. The third-order valence-corrected chi connectivity index (χ3v) is 6.57. The van der Waals surface area contributed by atoms with E-state index in [1.165, 1.54) is 19.3 Å². The predicted molar refractivity (Wildman–Crippen MR) is 125 cm³/mol. The fourth-order valence-electron chi connectivity index (χ4n) is 4.68. The van der Waals surface area contributed by atoms with Crippen molar-refractivity contribution >= 4 is 22.5 Å². The summed E-state index contributed by atoms with van der Waals surface area (Å²) in [6, 6.07) is 14.0. The maximum Gasteiger partial charge on any atom is 0.228 e. The van der Waals surface area contributed by atoms with Crippen LogP contribution in [0, 0.1) is 5.92 Å². The van der Waals surface area contributed by atoms with E-state index in [0.717, 1.165) is 35.2 Å². The Morgan fingerprint density at radius 2 is 1.87 bits per heavy atom. The highest BCUT2D eigenvalue weighted by Gasteiger charge is 2.25. The largest absolute Gasteiger partial charge is 0.386 e. The predicted octanol–water partition coefficient (Wildman–Crippen LogP) is 5.59. The van der Waals surface area contributed by atoms with E-state index in [-0.39, 0.29) is 5.91 Å². The highest BCUT2D eigenvalue weighted by Crippen LogP contribution is 2.36. The molecule has 5 nitrogen and oxygen atoms in total. The molecule has 2 aromatic carbocycles. The van der Waals surface area contributed by atoms with Crippen molar-refractivity contribution in [1.29, 1.82) is 0 Å². The molecule has 1 aromatic heterocycles. The zero-order chi connectivity index (χ0) is 22.0. The number of fused-ring (bicyclic) bond motifs is 1. The quantitative estimate of drug-likeness (QED) is 0.548. The zero-order valence-corrected chi connectivity index (χ0v) is 18.8. The Morgan fingerprint density at radius 1 is 1.16 bits per heavy atom. The van der Waals surface area contributed by atoms with Crippen LogP contribution in [0.3, 0.4) is 0 Å². The molecule has 1 saturated carbocycles. The van der Waals surface area contributed by atoms with E-state index in [2.05, 4.69) is 23.1 Å². The van der Waals surface area contributed by atoms with Gasteiger partial charge in [-0.25, -0.2) is 0 Å². The summed E-state index contributed by atoms with van der Waals surface area (Å²) in [5.74, 6) is 0.746. The van der Waals surface area contributed by atoms with Crippen molar-refractivity contribution in [3.8, 4) is 0 Å². The lowest BCUT2D eigenvalue weighted by Gasteiger charge is -2.27. The molecule has 1 heterocycles. The second-order valence-corrected chi connectivity index (χ2v) is 9.42. The molecule has 3 aromatic rings. The van der Waals surface area contributed by atoms with Gasteiger partial charge in [-0.3, -0.25) is 9.48 Å². The summed E-state index contributed by atoms with van der Waals surface area (Å²) < 4.78 is 2.10. The van der Waals surface area contributed by atoms with Gasteiger partial charge in [0.05, 0.1) is 23.6 Å². The fourth-order valence-corrected chi connectivity index (χ4v) is 4.68. The topological polar surface area (TPSA) is 67.2 Å². The van der Waals surface area contributed by atoms with Crippen LogP contribution in [0.15, 0.2) is 48.7 Å². The lowest BCUT2D eigenvalue weighted by Crippen LogP contribution is -2.21. The van der Waals surface area contributed by atoms with Crippen molar-refractivity contribution in [3.63, 3.8) is 0 Å². The zero-order valence-electron chi connectivity index (χ0n) is 18.8. The Kier molecular flexibility index (Phi) is 6.15. The molecule has 0 radical (unpaired) electrons. The molecule has 0 aliphatic heterocycles. The normalized spacial score (nSPS) is 19.5. The molecule has 0 bridgehead atoms. The van der Waals surface area contributed by atoms with Gasteiger partial charge in [-0.1, -0.05) is 43.7 Å². The molecule has 5 heteroatoms. The smallest absolute Gasteiger partial charge is 0.228 e. The summed E-state index contributed by atoms with van der Waals surface area (Å²) in [7, 11) is 0. The molecule has 0 unspecified atom stereocenters. The number of carbonyl (C=O) groups excluding carboxylic acids is 1. The summed E-state index contributed by atoms with van der Waals surface area (Å²) in [6.45, 7) is 5.76. The molecule has 31 heavy (non-hydrogen) atoms. The summed E-state index contributed by atoms with van der Waals surface area (Å²) in [4.78, 5) is 12.7. The highest BCUT2D eigenvalue weighted by molar-refractivity contribution is 5.96. The summed E-state index contributed by atoms with van der Waals surface area (Å²) >= 11 is 0. The van der Waals surface area contributed by atoms with Crippen LogP contribution in [-0.2, 0) is 16.8 Å². The third-order valence-electron chi connectivity index (χ3n) is 6.57. The van der Waals surface area contributed by atoms with Crippen molar-refractivity contribution in [2.75, 3.05) is 5.32 Å². The Morgan fingerprint density at radius 3 is 2.52 bits per heavy atom. The third kappa shape index (κ3) is 4.99. The molecule has 1 aliphatic carbocycles. The van der Waals surface area contributed by atoms with Gasteiger partial charge in [0.1, 0.15) is 0 Å². The average Bonchev–Trinajstić information content (AvgIpc) is 3.16. The first kappa shape index (κ1) is 21.6. The molecule has 0 atom stereocenters. The monoisotopic (exact) mass is 419 g/mol. The van der Waals surface area contributed by atoms with E-state index in [1.807, 2.05) is 42.5 Å². The standard InChI is InChI=1S/C26H33N3O2/c1-4-18-10-12-21(13-11-18)29-17-20-15-24(22(26(2,3)31)16-23(20)28-29)27-25(30)14-19-8-6-5-7-9-19/h5-9,15-18,21,31H,4,10-14H2,1-3H3,(H,27,30)/t18-,21-. The molecule has 2 N–H and O–H groups in total. The first-order chi connectivity index (χ1) is 14.8. The average molecular weight is 420 g/mol. The Bertz CT molecular complexity index is 1040. The maximum atomic E-state index is 12.7. The molecular weight excluding hydrogens is 386 g/mol. The van der Waals surface area contributed by atoms with Crippen molar-refractivity contribution in [3.05, 3.63) is 59.8 Å². The van der Waals surface area contributed by atoms with E-state index in [9.17, 15) is 9.90 Å². The van der Waals surface area contributed by atoms with Gasteiger partial charge < -0.3 is 10.4 Å². The van der Waals surface area contributed by atoms with Crippen molar-refractivity contribution < 1.29 is 9.90 Å². The van der Waals surface area contributed by atoms with Crippen LogP contribution >= 0.6 is 0 Å². The van der Waals surface area contributed by atoms with Gasteiger partial charge >= 0.3 is 0 Å². The van der Waals surface area contributed by atoms with Crippen LogP contribution in [0.5, 0.6) is 0 Å². The fraction of sp³-hybridized carbons (Fsp3) is 0.462. The van der Waals surface area contributed by atoms with Crippen LogP contribution in [0.4, 0.5) is 5.69 Å². The highest BCUT2D eigenvalue weighted by atomic mass is 16.3. The lowest BCUT2D eigenvalue weighted by atomic mass is 9.85. The van der Waals surface area contributed by atoms with Crippen LogP contribution in [-0.4, -0.2) is 20.8 Å². The maximum absolute atomic E-state index is 12.7. The number of hydrogen-bond donors (Lipinski definition) is 2. The molecule has 0 saturated heterocycles. The van der Waals surface area contributed by atoms with E-state index in [4.69, 9.17) is 5.10 Å². The summed E-state index contributed by atoms with van der Waals surface area (Å²) in [5.41, 5.74) is 2.06. The van der Waals surface area contributed by atoms with Crippen LogP contribution in [0.1, 0.15) is 70.0 Å². The van der Waals surface area contributed by atoms with Gasteiger partial charge in [0.2, 0.25) is 5.91 Å².